The fourth-order valence-corrected chi connectivity index (χ4v) is 2.05. The van der Waals surface area contributed by atoms with Crippen LogP contribution >= 0.6 is 0 Å². The Balaban J connectivity index is 2.05. The zero-order chi connectivity index (χ0) is 14.5. The van der Waals surface area contributed by atoms with E-state index in [1.165, 1.54) is 6.07 Å². The monoisotopic (exact) mass is 282 g/mol. The number of alkyl halides is 2. The van der Waals surface area contributed by atoms with Gasteiger partial charge >= 0.3 is 6.61 Å². The Bertz CT molecular complexity index is 558. The van der Waals surface area contributed by atoms with Gasteiger partial charge in [0.15, 0.2) is 0 Å². The lowest BCUT2D eigenvalue weighted by atomic mass is 10.0. The van der Waals surface area contributed by atoms with Crippen LogP contribution in [0.1, 0.15) is 23.8 Å². The van der Waals surface area contributed by atoms with Crippen LogP contribution in [0.3, 0.4) is 0 Å². The molecule has 1 heterocycles. The van der Waals surface area contributed by atoms with Crippen LogP contribution in [0.25, 0.3) is 0 Å². The smallest absolute Gasteiger partial charge is 0.387 e. The maximum atomic E-state index is 12.3. The third-order valence-electron chi connectivity index (χ3n) is 3.09. The first-order valence-corrected chi connectivity index (χ1v) is 6.26. The maximum absolute atomic E-state index is 12.3. The van der Waals surface area contributed by atoms with Crippen molar-refractivity contribution >= 4 is 0 Å². The molecule has 6 heteroatoms. The Morgan fingerprint density at radius 2 is 2.05 bits per heavy atom. The average Bonchev–Trinajstić information content (AvgIpc) is 2.81. The van der Waals surface area contributed by atoms with Crippen LogP contribution in [0.15, 0.2) is 36.5 Å². The fourth-order valence-electron chi connectivity index (χ4n) is 2.05. The van der Waals surface area contributed by atoms with Gasteiger partial charge in [0.25, 0.3) is 0 Å². The highest BCUT2D eigenvalue weighted by Crippen LogP contribution is 2.29. The molecule has 0 bridgehead atoms. The van der Waals surface area contributed by atoms with Crippen molar-refractivity contribution in [3.05, 3.63) is 47.8 Å². The van der Waals surface area contributed by atoms with Crippen molar-refractivity contribution in [2.45, 2.75) is 25.6 Å². The molecule has 1 atom stereocenters. The van der Waals surface area contributed by atoms with Gasteiger partial charge in [-0.2, -0.15) is 13.9 Å². The van der Waals surface area contributed by atoms with Crippen molar-refractivity contribution in [2.75, 3.05) is 0 Å². The van der Waals surface area contributed by atoms with Crippen LogP contribution in [-0.2, 0) is 13.5 Å². The second-order valence-corrected chi connectivity index (χ2v) is 4.42. The van der Waals surface area contributed by atoms with Crippen molar-refractivity contribution in [3.63, 3.8) is 0 Å². The molecule has 1 aromatic heterocycles. The van der Waals surface area contributed by atoms with Gasteiger partial charge in [0.05, 0.1) is 6.10 Å². The third kappa shape index (κ3) is 3.54. The molecular formula is C14H16F2N2O2. The molecule has 1 N–H and O–H groups in total. The summed E-state index contributed by atoms with van der Waals surface area (Å²) < 4.78 is 30.8. The Morgan fingerprint density at radius 3 is 2.70 bits per heavy atom. The summed E-state index contributed by atoms with van der Waals surface area (Å²) in [5.41, 5.74) is 1.34. The lowest BCUT2D eigenvalue weighted by molar-refractivity contribution is -0.0516. The SMILES string of the molecule is Cn1nccc1CCC(O)c1ccccc1OC(F)F. The van der Waals surface area contributed by atoms with Crippen molar-refractivity contribution in [2.24, 2.45) is 7.05 Å². The number of halogens is 2. The molecule has 0 aliphatic heterocycles. The lowest BCUT2D eigenvalue weighted by Gasteiger charge is -2.15. The predicted octanol–water partition coefficient (Wildman–Crippen LogP) is 2.69. The van der Waals surface area contributed by atoms with Gasteiger partial charge < -0.3 is 9.84 Å². The number of aliphatic hydroxyl groups excluding tert-OH is 1. The number of aromatic nitrogens is 2. The van der Waals surface area contributed by atoms with Crippen LogP contribution < -0.4 is 4.74 Å². The normalized spacial score (nSPS) is 12.7. The van der Waals surface area contributed by atoms with E-state index in [1.54, 1.807) is 29.1 Å². The highest BCUT2D eigenvalue weighted by Gasteiger charge is 2.16. The lowest BCUT2D eigenvalue weighted by Crippen LogP contribution is -2.08. The molecule has 0 saturated heterocycles. The van der Waals surface area contributed by atoms with Gasteiger partial charge in [-0.15, -0.1) is 0 Å². The van der Waals surface area contributed by atoms with Crippen LogP contribution in [0.2, 0.25) is 0 Å². The number of aliphatic hydroxyl groups is 1. The molecule has 20 heavy (non-hydrogen) atoms. The number of hydrogen-bond acceptors (Lipinski definition) is 3. The van der Waals surface area contributed by atoms with E-state index in [9.17, 15) is 13.9 Å². The minimum Gasteiger partial charge on any atom is -0.434 e. The summed E-state index contributed by atoms with van der Waals surface area (Å²) >= 11 is 0. The molecule has 0 aliphatic carbocycles. The first-order chi connectivity index (χ1) is 9.58. The largest absolute Gasteiger partial charge is 0.434 e. The average molecular weight is 282 g/mol. The number of hydrogen-bond donors (Lipinski definition) is 1. The Morgan fingerprint density at radius 1 is 1.30 bits per heavy atom. The number of ether oxygens (including phenoxy) is 1. The zero-order valence-corrected chi connectivity index (χ0v) is 11.0. The fraction of sp³-hybridized carbons (Fsp3) is 0.357. The molecule has 0 fully saturated rings. The molecule has 1 aromatic carbocycles. The third-order valence-corrected chi connectivity index (χ3v) is 3.09. The number of para-hydroxylation sites is 1. The van der Waals surface area contributed by atoms with Crippen LogP contribution in [0.5, 0.6) is 5.75 Å². The van der Waals surface area contributed by atoms with Crippen molar-refractivity contribution < 1.29 is 18.6 Å². The minimum absolute atomic E-state index is 0.0139. The predicted molar refractivity (Wildman–Crippen MR) is 69.6 cm³/mol. The topological polar surface area (TPSA) is 47.3 Å². The molecule has 108 valence electrons. The molecule has 0 amide bonds. The minimum atomic E-state index is -2.90. The Kier molecular flexibility index (Phi) is 4.68. The summed E-state index contributed by atoms with van der Waals surface area (Å²) in [6.45, 7) is -2.90. The second kappa shape index (κ2) is 6.47. The van der Waals surface area contributed by atoms with Gasteiger partial charge in [0, 0.05) is 24.5 Å². The molecule has 2 aromatic rings. The number of aryl methyl sites for hydroxylation is 2. The van der Waals surface area contributed by atoms with E-state index in [2.05, 4.69) is 9.84 Å². The van der Waals surface area contributed by atoms with E-state index < -0.39 is 12.7 Å². The standard InChI is InChI=1S/C14H16F2N2O2/c1-18-10(8-9-17-18)6-7-12(19)11-4-2-3-5-13(11)20-14(15)16/h2-5,8-9,12,14,19H,6-7H2,1H3. The maximum Gasteiger partial charge on any atom is 0.387 e. The van der Waals surface area contributed by atoms with E-state index in [0.29, 0.717) is 18.4 Å². The van der Waals surface area contributed by atoms with E-state index in [1.807, 2.05) is 13.1 Å². The molecule has 1 unspecified atom stereocenters. The highest BCUT2D eigenvalue weighted by atomic mass is 19.3. The summed E-state index contributed by atoms with van der Waals surface area (Å²) in [6.07, 6.45) is 1.82. The van der Waals surface area contributed by atoms with Gasteiger partial charge in [-0.05, 0) is 25.0 Å². The summed E-state index contributed by atoms with van der Waals surface area (Å²) in [4.78, 5) is 0. The van der Waals surface area contributed by atoms with Crippen LogP contribution in [-0.4, -0.2) is 21.5 Å². The molecule has 0 radical (unpaired) electrons. The molecular weight excluding hydrogens is 266 g/mol. The van der Waals surface area contributed by atoms with Gasteiger partial charge in [0.2, 0.25) is 0 Å². The van der Waals surface area contributed by atoms with Crippen LogP contribution in [0.4, 0.5) is 8.78 Å². The summed E-state index contributed by atoms with van der Waals surface area (Å²) in [5, 5.41) is 14.2. The van der Waals surface area contributed by atoms with Crippen molar-refractivity contribution in [1.82, 2.24) is 9.78 Å². The molecule has 2 rings (SSSR count). The quantitative estimate of drug-likeness (QED) is 0.886. The Labute approximate surface area is 115 Å². The summed E-state index contributed by atoms with van der Waals surface area (Å²) in [6, 6.07) is 8.14. The van der Waals surface area contributed by atoms with Crippen molar-refractivity contribution in [3.8, 4) is 5.75 Å². The molecule has 4 nitrogen and oxygen atoms in total. The number of rotatable bonds is 6. The second-order valence-electron chi connectivity index (χ2n) is 4.42. The van der Waals surface area contributed by atoms with Gasteiger partial charge in [-0.1, -0.05) is 18.2 Å². The van der Waals surface area contributed by atoms with E-state index in [4.69, 9.17) is 0 Å². The number of benzene rings is 1. The molecule has 0 aliphatic rings. The van der Waals surface area contributed by atoms with E-state index >= 15 is 0 Å². The Hall–Kier alpha value is -1.95. The summed E-state index contributed by atoms with van der Waals surface area (Å²) in [7, 11) is 1.82. The molecule has 0 spiro atoms. The first-order valence-electron chi connectivity index (χ1n) is 6.26. The van der Waals surface area contributed by atoms with Gasteiger partial charge in [0.1, 0.15) is 5.75 Å². The van der Waals surface area contributed by atoms with Gasteiger partial charge in [-0.25, -0.2) is 0 Å². The van der Waals surface area contributed by atoms with Crippen molar-refractivity contribution in [1.29, 1.82) is 0 Å². The zero-order valence-electron chi connectivity index (χ0n) is 11.0. The van der Waals surface area contributed by atoms with E-state index in [0.717, 1.165) is 5.69 Å². The molecule has 0 saturated carbocycles. The number of nitrogens with zero attached hydrogens (tertiary/aromatic N) is 2. The van der Waals surface area contributed by atoms with Crippen LogP contribution in [0, 0.1) is 0 Å². The highest BCUT2D eigenvalue weighted by molar-refractivity contribution is 5.35. The summed E-state index contributed by atoms with van der Waals surface area (Å²) in [5.74, 6) is 0.0139. The van der Waals surface area contributed by atoms with Gasteiger partial charge in [-0.3, -0.25) is 4.68 Å². The van der Waals surface area contributed by atoms with E-state index in [-0.39, 0.29) is 5.75 Å². The first kappa shape index (κ1) is 14.5.